The van der Waals surface area contributed by atoms with Gasteiger partial charge in [-0.05, 0) is 112 Å². The SMILES string of the molecule is CC(C)CC1C2=C(CCN1C(=O)C1CCC(CN(C)C(=O)OC(C)(C)C)CC1)c1ccc(Cl)cc1C2. The van der Waals surface area contributed by atoms with Crippen molar-refractivity contribution in [2.75, 3.05) is 20.1 Å². The van der Waals surface area contributed by atoms with Gasteiger partial charge in [-0.25, -0.2) is 4.79 Å². The van der Waals surface area contributed by atoms with Gasteiger partial charge in [0.15, 0.2) is 0 Å². The first-order valence-corrected chi connectivity index (χ1v) is 14.1. The van der Waals surface area contributed by atoms with Gasteiger partial charge >= 0.3 is 6.09 Å². The monoisotopic (exact) mass is 514 g/mol. The topological polar surface area (TPSA) is 49.9 Å². The quantitative estimate of drug-likeness (QED) is 0.426. The fraction of sp³-hybridized carbons (Fsp3) is 0.667. The van der Waals surface area contributed by atoms with Crippen molar-refractivity contribution < 1.29 is 14.3 Å². The molecule has 2 aliphatic carbocycles. The van der Waals surface area contributed by atoms with Crippen LogP contribution in [-0.2, 0) is 16.0 Å². The highest BCUT2D eigenvalue weighted by Gasteiger charge is 2.40. The van der Waals surface area contributed by atoms with Crippen molar-refractivity contribution in [3.8, 4) is 0 Å². The molecular formula is C30H43ClN2O3. The van der Waals surface area contributed by atoms with Crippen molar-refractivity contribution in [2.24, 2.45) is 17.8 Å². The number of carbonyl (C=O) groups excluding carboxylic acids is 2. The zero-order valence-corrected chi connectivity index (χ0v) is 23.7. The number of rotatable bonds is 5. The van der Waals surface area contributed by atoms with Crippen LogP contribution in [0.1, 0.15) is 84.3 Å². The summed E-state index contributed by atoms with van der Waals surface area (Å²) < 4.78 is 5.50. The van der Waals surface area contributed by atoms with E-state index in [1.165, 1.54) is 22.3 Å². The summed E-state index contributed by atoms with van der Waals surface area (Å²) in [6, 6.07) is 6.44. The van der Waals surface area contributed by atoms with Crippen molar-refractivity contribution in [1.82, 2.24) is 9.80 Å². The Morgan fingerprint density at radius 3 is 2.50 bits per heavy atom. The van der Waals surface area contributed by atoms with Gasteiger partial charge in [-0.1, -0.05) is 31.5 Å². The van der Waals surface area contributed by atoms with E-state index in [1.807, 2.05) is 33.9 Å². The second-order valence-corrected chi connectivity index (χ2v) is 12.9. The zero-order chi connectivity index (χ0) is 26.2. The fourth-order valence-corrected chi connectivity index (χ4v) is 6.48. The molecule has 1 aromatic carbocycles. The molecule has 1 aromatic rings. The number of amides is 2. The minimum Gasteiger partial charge on any atom is -0.444 e. The van der Waals surface area contributed by atoms with Crippen LogP contribution in [0.4, 0.5) is 4.79 Å². The molecule has 0 radical (unpaired) electrons. The van der Waals surface area contributed by atoms with Crippen LogP contribution in [-0.4, -0.2) is 53.6 Å². The normalized spacial score (nSPS) is 24.0. The number of halogens is 1. The van der Waals surface area contributed by atoms with Crippen molar-refractivity contribution >= 4 is 29.2 Å². The minimum absolute atomic E-state index is 0.0862. The van der Waals surface area contributed by atoms with Gasteiger partial charge in [-0.15, -0.1) is 0 Å². The first-order valence-electron chi connectivity index (χ1n) is 13.7. The van der Waals surface area contributed by atoms with Crippen molar-refractivity contribution in [3.05, 3.63) is 39.9 Å². The summed E-state index contributed by atoms with van der Waals surface area (Å²) in [5, 5.41) is 0.788. The van der Waals surface area contributed by atoms with Crippen LogP contribution >= 0.6 is 11.6 Å². The van der Waals surface area contributed by atoms with Gasteiger partial charge in [0.05, 0.1) is 6.04 Å². The third kappa shape index (κ3) is 6.10. The number of ether oxygens (including phenoxy) is 1. The fourth-order valence-electron chi connectivity index (χ4n) is 6.29. The molecule has 0 spiro atoms. The van der Waals surface area contributed by atoms with E-state index in [2.05, 4.69) is 30.9 Å². The molecule has 4 rings (SSSR count). The molecule has 6 heteroatoms. The van der Waals surface area contributed by atoms with Gasteiger partial charge in [0.25, 0.3) is 0 Å². The van der Waals surface area contributed by atoms with Crippen LogP contribution in [0.3, 0.4) is 0 Å². The van der Waals surface area contributed by atoms with E-state index in [0.717, 1.165) is 56.5 Å². The molecule has 1 saturated carbocycles. The van der Waals surface area contributed by atoms with Crippen molar-refractivity contribution in [3.63, 3.8) is 0 Å². The van der Waals surface area contributed by atoms with Gasteiger partial charge in [-0.3, -0.25) is 4.79 Å². The maximum Gasteiger partial charge on any atom is 0.410 e. The van der Waals surface area contributed by atoms with Crippen LogP contribution in [0.15, 0.2) is 23.8 Å². The lowest BCUT2D eigenvalue weighted by Crippen LogP contribution is -2.48. The summed E-state index contributed by atoms with van der Waals surface area (Å²) in [7, 11) is 1.81. The Hall–Kier alpha value is -2.01. The van der Waals surface area contributed by atoms with Gasteiger partial charge in [0.2, 0.25) is 5.91 Å². The highest BCUT2D eigenvalue weighted by Crippen LogP contribution is 2.44. The molecule has 3 aliphatic rings. The summed E-state index contributed by atoms with van der Waals surface area (Å²) in [6.45, 7) is 11.7. The first kappa shape index (κ1) is 27.0. The lowest BCUT2D eigenvalue weighted by atomic mass is 9.80. The van der Waals surface area contributed by atoms with Crippen molar-refractivity contribution in [1.29, 1.82) is 0 Å². The Labute approximate surface area is 222 Å². The van der Waals surface area contributed by atoms with Crippen molar-refractivity contribution in [2.45, 2.75) is 91.2 Å². The number of benzene rings is 1. The second-order valence-electron chi connectivity index (χ2n) is 12.5. The number of hydrogen-bond donors (Lipinski definition) is 0. The van der Waals surface area contributed by atoms with E-state index in [0.29, 0.717) is 24.3 Å². The van der Waals surface area contributed by atoms with Gasteiger partial charge in [-0.2, -0.15) is 0 Å². The lowest BCUT2D eigenvalue weighted by molar-refractivity contribution is -0.139. The minimum atomic E-state index is -0.487. The highest BCUT2D eigenvalue weighted by atomic mass is 35.5. The molecule has 0 bridgehead atoms. The smallest absolute Gasteiger partial charge is 0.410 e. The number of nitrogens with zero attached hydrogens (tertiary/aromatic N) is 2. The number of hydrogen-bond acceptors (Lipinski definition) is 3. The molecule has 1 heterocycles. The molecule has 0 aromatic heterocycles. The molecule has 1 unspecified atom stereocenters. The largest absolute Gasteiger partial charge is 0.444 e. The van der Waals surface area contributed by atoms with Gasteiger partial charge in [0.1, 0.15) is 5.60 Å². The maximum absolute atomic E-state index is 13.9. The van der Waals surface area contributed by atoms with Crippen LogP contribution in [0.5, 0.6) is 0 Å². The summed E-state index contributed by atoms with van der Waals surface area (Å²) in [6.07, 6.45) is 6.33. The van der Waals surface area contributed by atoms with E-state index < -0.39 is 5.60 Å². The molecular weight excluding hydrogens is 472 g/mol. The molecule has 5 nitrogen and oxygen atoms in total. The van der Waals surface area contributed by atoms with E-state index in [9.17, 15) is 9.59 Å². The molecule has 198 valence electrons. The molecule has 2 amide bonds. The Morgan fingerprint density at radius 1 is 1.17 bits per heavy atom. The van der Waals surface area contributed by atoms with Crippen LogP contribution in [0.25, 0.3) is 5.57 Å². The summed E-state index contributed by atoms with van der Waals surface area (Å²) in [5.74, 6) is 1.36. The summed E-state index contributed by atoms with van der Waals surface area (Å²) >= 11 is 6.30. The number of carbonyl (C=O) groups is 2. The summed E-state index contributed by atoms with van der Waals surface area (Å²) in [5.41, 5.74) is 5.05. The Morgan fingerprint density at radius 2 is 1.86 bits per heavy atom. The Bertz CT molecular complexity index is 1020. The second kappa shape index (κ2) is 10.8. The van der Waals surface area contributed by atoms with Crippen LogP contribution in [0.2, 0.25) is 5.02 Å². The third-order valence-electron chi connectivity index (χ3n) is 7.95. The molecule has 0 saturated heterocycles. The number of fused-ring (bicyclic) bond motifs is 2. The third-order valence-corrected chi connectivity index (χ3v) is 8.19. The average molecular weight is 515 g/mol. The van der Waals surface area contributed by atoms with Crippen LogP contribution < -0.4 is 0 Å². The van der Waals surface area contributed by atoms with Gasteiger partial charge < -0.3 is 14.5 Å². The standard InChI is InChI=1S/C30H43ClN2O3/c1-19(2)15-27-26-17-22-16-23(31)11-12-24(22)25(26)13-14-33(27)28(34)21-9-7-20(8-10-21)18-32(6)29(35)36-30(3,4)5/h11-12,16,19-21,27H,7-10,13-15,17-18H2,1-6H3. The summed E-state index contributed by atoms with van der Waals surface area (Å²) in [4.78, 5) is 30.1. The molecule has 1 aliphatic heterocycles. The van der Waals surface area contributed by atoms with Gasteiger partial charge in [0, 0.05) is 31.1 Å². The predicted molar refractivity (Wildman–Crippen MR) is 146 cm³/mol. The first-order chi connectivity index (χ1) is 16.9. The zero-order valence-electron chi connectivity index (χ0n) is 22.9. The molecule has 1 atom stereocenters. The molecule has 36 heavy (non-hydrogen) atoms. The van der Waals surface area contributed by atoms with E-state index in [4.69, 9.17) is 16.3 Å². The van der Waals surface area contributed by atoms with E-state index in [-0.39, 0.29) is 18.1 Å². The highest BCUT2D eigenvalue weighted by molar-refractivity contribution is 6.30. The Kier molecular flexibility index (Phi) is 8.09. The predicted octanol–water partition coefficient (Wildman–Crippen LogP) is 6.97. The molecule has 0 N–H and O–H groups in total. The maximum atomic E-state index is 13.9. The Balaban J connectivity index is 1.39. The lowest BCUT2D eigenvalue weighted by Gasteiger charge is -2.41. The van der Waals surface area contributed by atoms with E-state index in [1.54, 1.807) is 4.90 Å². The van der Waals surface area contributed by atoms with Crippen LogP contribution in [0, 0.1) is 17.8 Å². The van der Waals surface area contributed by atoms with E-state index >= 15 is 0 Å². The molecule has 1 fully saturated rings. The average Bonchev–Trinajstić information content (AvgIpc) is 3.16.